The van der Waals surface area contributed by atoms with E-state index in [2.05, 4.69) is 31.7 Å². The van der Waals surface area contributed by atoms with Crippen LogP contribution in [-0.2, 0) is 31.9 Å². The lowest BCUT2D eigenvalue weighted by Gasteiger charge is -2.20. The summed E-state index contributed by atoms with van der Waals surface area (Å²) in [4.78, 5) is 23.7. The van der Waals surface area contributed by atoms with Gasteiger partial charge in [-0.2, -0.15) is 0 Å². The molecule has 1 unspecified atom stereocenters. The van der Waals surface area contributed by atoms with Gasteiger partial charge in [0, 0.05) is 19.3 Å². The van der Waals surface area contributed by atoms with E-state index in [-0.39, 0.29) is 24.5 Å². The summed E-state index contributed by atoms with van der Waals surface area (Å²) in [5, 5.41) is 0. The molecule has 0 aromatic carbocycles. The normalized spacial score (nSPS) is 20.5. The van der Waals surface area contributed by atoms with Crippen molar-refractivity contribution in [3.8, 4) is 0 Å². The van der Waals surface area contributed by atoms with E-state index in [0.29, 0.717) is 19.4 Å². The third-order valence-corrected chi connectivity index (χ3v) is 5.91. The molecule has 0 fully saturated rings. The Bertz CT molecular complexity index is 842. The van der Waals surface area contributed by atoms with Crippen LogP contribution in [0.25, 0.3) is 0 Å². The molecule has 0 spiro atoms. The minimum absolute atomic E-state index is 0.153. The molecule has 2 bridgehead atoms. The molecule has 1 aromatic heterocycles. The molecule has 1 aliphatic rings. The van der Waals surface area contributed by atoms with E-state index in [1.165, 1.54) is 11.1 Å². The zero-order valence-electron chi connectivity index (χ0n) is 20.6. The Hall–Kier alpha value is -2.56. The number of carbonyl (C=O) groups excluding carboxylic acids is 2. The fourth-order valence-electron chi connectivity index (χ4n) is 3.88. The van der Waals surface area contributed by atoms with Crippen LogP contribution in [0.4, 0.5) is 0 Å². The van der Waals surface area contributed by atoms with Gasteiger partial charge in [-0.15, -0.1) is 0 Å². The number of aryl methyl sites for hydroxylation is 1. The molecule has 1 aliphatic carbocycles. The Morgan fingerprint density at radius 1 is 1.09 bits per heavy atom. The van der Waals surface area contributed by atoms with Crippen LogP contribution in [0, 0.1) is 5.92 Å². The van der Waals surface area contributed by atoms with E-state index < -0.39 is 0 Å². The molecule has 33 heavy (non-hydrogen) atoms. The Morgan fingerprint density at radius 2 is 1.82 bits per heavy atom. The second-order valence-electron chi connectivity index (χ2n) is 9.00. The van der Waals surface area contributed by atoms with Crippen LogP contribution >= 0.6 is 0 Å². The molecular weight excluding hydrogens is 416 g/mol. The Kier molecular flexibility index (Phi) is 11.8. The summed E-state index contributed by atoms with van der Waals surface area (Å²) in [7, 11) is 0. The molecule has 0 saturated carbocycles. The second kappa shape index (κ2) is 14.6. The highest BCUT2D eigenvalue weighted by Gasteiger charge is 2.16. The van der Waals surface area contributed by atoms with E-state index in [4.69, 9.17) is 13.9 Å². The molecule has 0 amide bonds. The SMILES string of the molecule is C=C(COC(=O)CCC)C1C/C=C(\C)Cc2cc(co2)CC/C=C(/COC(=O)CCC)CC1. The summed E-state index contributed by atoms with van der Waals surface area (Å²) in [6.07, 6.45) is 13.8. The molecule has 0 aliphatic heterocycles. The third kappa shape index (κ3) is 10.3. The highest BCUT2D eigenvalue weighted by Crippen LogP contribution is 2.26. The van der Waals surface area contributed by atoms with Gasteiger partial charge in [0.25, 0.3) is 0 Å². The van der Waals surface area contributed by atoms with E-state index >= 15 is 0 Å². The number of rotatable bonds is 9. The topological polar surface area (TPSA) is 65.7 Å². The van der Waals surface area contributed by atoms with Crippen LogP contribution in [0.2, 0.25) is 0 Å². The van der Waals surface area contributed by atoms with Crippen molar-refractivity contribution in [2.24, 2.45) is 5.92 Å². The number of esters is 2. The summed E-state index contributed by atoms with van der Waals surface area (Å²) in [5.41, 5.74) is 4.49. The average Bonchev–Trinajstić information content (AvgIpc) is 3.22. The van der Waals surface area contributed by atoms with Gasteiger partial charge in [0.2, 0.25) is 0 Å². The van der Waals surface area contributed by atoms with Crippen LogP contribution in [0.1, 0.15) is 83.5 Å². The Morgan fingerprint density at radius 3 is 2.55 bits per heavy atom. The van der Waals surface area contributed by atoms with Crippen molar-refractivity contribution < 1.29 is 23.5 Å². The molecule has 5 nitrogen and oxygen atoms in total. The van der Waals surface area contributed by atoms with E-state index in [1.807, 2.05) is 20.1 Å². The molecule has 1 atom stereocenters. The van der Waals surface area contributed by atoms with Gasteiger partial charge in [-0.25, -0.2) is 0 Å². The molecule has 0 N–H and O–H groups in total. The van der Waals surface area contributed by atoms with Crippen molar-refractivity contribution in [2.75, 3.05) is 13.2 Å². The van der Waals surface area contributed by atoms with Crippen molar-refractivity contribution in [1.82, 2.24) is 0 Å². The lowest BCUT2D eigenvalue weighted by atomic mass is 9.89. The summed E-state index contributed by atoms with van der Waals surface area (Å²) in [6.45, 7) is 10.9. The first-order chi connectivity index (χ1) is 15.9. The van der Waals surface area contributed by atoms with Gasteiger partial charge in [0.15, 0.2) is 0 Å². The highest BCUT2D eigenvalue weighted by molar-refractivity contribution is 5.69. The first kappa shape index (κ1) is 26.7. The quantitative estimate of drug-likeness (QED) is 0.307. The van der Waals surface area contributed by atoms with Crippen LogP contribution in [0.3, 0.4) is 0 Å². The van der Waals surface area contributed by atoms with E-state index in [1.54, 1.807) is 0 Å². The van der Waals surface area contributed by atoms with Gasteiger partial charge < -0.3 is 13.9 Å². The summed E-state index contributed by atoms with van der Waals surface area (Å²) < 4.78 is 16.7. The molecule has 1 heterocycles. The van der Waals surface area contributed by atoms with E-state index in [0.717, 1.165) is 68.3 Å². The van der Waals surface area contributed by atoms with Crippen molar-refractivity contribution >= 4 is 11.9 Å². The van der Waals surface area contributed by atoms with Crippen molar-refractivity contribution in [1.29, 1.82) is 0 Å². The summed E-state index contributed by atoms with van der Waals surface area (Å²) in [5.74, 6) is 0.819. The van der Waals surface area contributed by atoms with Crippen LogP contribution < -0.4 is 0 Å². The Labute approximate surface area is 198 Å². The maximum absolute atomic E-state index is 11.9. The van der Waals surface area contributed by atoms with Gasteiger partial charge in [0.1, 0.15) is 19.0 Å². The first-order valence-corrected chi connectivity index (χ1v) is 12.3. The first-order valence-electron chi connectivity index (χ1n) is 12.3. The van der Waals surface area contributed by atoms with Gasteiger partial charge in [0.05, 0.1) is 6.26 Å². The predicted molar refractivity (Wildman–Crippen MR) is 131 cm³/mol. The van der Waals surface area contributed by atoms with Gasteiger partial charge in [-0.05, 0) is 80.6 Å². The number of ether oxygens (including phenoxy) is 2. The number of hydrogen-bond acceptors (Lipinski definition) is 5. The molecule has 0 saturated heterocycles. The van der Waals surface area contributed by atoms with Crippen molar-refractivity contribution in [3.63, 3.8) is 0 Å². The summed E-state index contributed by atoms with van der Waals surface area (Å²) >= 11 is 0. The predicted octanol–water partition coefficient (Wildman–Crippen LogP) is 6.67. The lowest BCUT2D eigenvalue weighted by Crippen LogP contribution is -2.14. The zero-order valence-corrected chi connectivity index (χ0v) is 20.6. The monoisotopic (exact) mass is 456 g/mol. The summed E-state index contributed by atoms with van der Waals surface area (Å²) in [6, 6.07) is 2.13. The number of fused-ring (bicyclic) bond motifs is 2. The zero-order chi connectivity index (χ0) is 24.1. The molecule has 182 valence electrons. The molecule has 5 heteroatoms. The number of furan rings is 1. The second-order valence-corrected chi connectivity index (χ2v) is 9.00. The maximum atomic E-state index is 11.9. The van der Waals surface area contributed by atoms with Crippen molar-refractivity contribution in [3.05, 3.63) is 59.1 Å². The number of hydrogen-bond donors (Lipinski definition) is 0. The van der Waals surface area contributed by atoms with Crippen molar-refractivity contribution in [2.45, 2.75) is 85.0 Å². The fraction of sp³-hybridized carbons (Fsp3) is 0.571. The molecule has 2 rings (SSSR count). The van der Waals surface area contributed by atoms with Gasteiger partial charge in [-0.1, -0.05) is 38.2 Å². The molecular formula is C28H40O5. The van der Waals surface area contributed by atoms with Crippen LogP contribution in [0.5, 0.6) is 0 Å². The van der Waals surface area contributed by atoms with Gasteiger partial charge in [-0.3, -0.25) is 9.59 Å². The average molecular weight is 457 g/mol. The van der Waals surface area contributed by atoms with Gasteiger partial charge >= 0.3 is 11.9 Å². The smallest absolute Gasteiger partial charge is 0.306 e. The highest BCUT2D eigenvalue weighted by atomic mass is 16.5. The third-order valence-electron chi connectivity index (χ3n) is 5.91. The standard InChI is InChI=1S/C28H40O5/c1-5-8-27(29)32-18-22(4)25-14-12-21(3)16-26-17-24(20-31-26)11-7-10-23(13-15-25)19-33-28(30)9-6-2/h10,12,17,20,25H,4-9,11,13-16,18-19H2,1-3H3/b21-12+,23-10+. The van der Waals surface area contributed by atoms with Crippen LogP contribution in [0.15, 0.2) is 52.2 Å². The minimum atomic E-state index is -0.177. The maximum Gasteiger partial charge on any atom is 0.306 e. The molecule has 0 radical (unpaired) electrons. The minimum Gasteiger partial charge on any atom is -0.469 e. The Balaban J connectivity index is 2.14. The fourth-order valence-corrected chi connectivity index (χ4v) is 3.88. The number of carbonyl (C=O) groups is 2. The molecule has 1 aromatic rings. The largest absolute Gasteiger partial charge is 0.469 e. The number of allylic oxidation sites excluding steroid dienone is 3. The van der Waals surface area contributed by atoms with Crippen LogP contribution in [-0.4, -0.2) is 25.2 Å². The van der Waals surface area contributed by atoms with E-state index in [9.17, 15) is 9.59 Å². The lowest BCUT2D eigenvalue weighted by molar-refractivity contribution is -0.143.